The molecule has 1 aliphatic heterocycles. The van der Waals surface area contributed by atoms with Gasteiger partial charge >= 0.3 is 0 Å². The van der Waals surface area contributed by atoms with Crippen molar-refractivity contribution in [2.75, 3.05) is 5.32 Å². The second-order valence-electron chi connectivity index (χ2n) is 4.19. The zero-order valence-electron chi connectivity index (χ0n) is 9.31. The topological polar surface area (TPSA) is 49.3 Å². The van der Waals surface area contributed by atoms with Gasteiger partial charge in [0.15, 0.2) is 0 Å². The molecule has 3 nitrogen and oxygen atoms in total. The minimum Gasteiger partial charge on any atom is -0.383 e. The third kappa shape index (κ3) is 2.09. The van der Waals surface area contributed by atoms with Crippen molar-refractivity contribution in [2.45, 2.75) is 12.5 Å². The SMILES string of the molecule is O=C1Cc2cc(C(O)c3ccc(Br)s3)ccc2N1. The van der Waals surface area contributed by atoms with Crippen LogP contribution in [0, 0.1) is 0 Å². The van der Waals surface area contributed by atoms with Gasteiger partial charge in [0.2, 0.25) is 5.91 Å². The summed E-state index contributed by atoms with van der Waals surface area (Å²) in [5.74, 6) is 0.00973. The van der Waals surface area contributed by atoms with Crippen LogP contribution in [0.25, 0.3) is 0 Å². The number of hydrogen-bond donors (Lipinski definition) is 2. The van der Waals surface area contributed by atoms with Gasteiger partial charge in [-0.1, -0.05) is 12.1 Å². The monoisotopic (exact) mass is 323 g/mol. The third-order valence-electron chi connectivity index (χ3n) is 2.93. The molecule has 5 heteroatoms. The van der Waals surface area contributed by atoms with Crippen LogP contribution in [0.4, 0.5) is 5.69 Å². The Labute approximate surface area is 117 Å². The van der Waals surface area contributed by atoms with E-state index in [1.807, 2.05) is 30.3 Å². The quantitative estimate of drug-likeness (QED) is 0.892. The van der Waals surface area contributed by atoms with Crippen molar-refractivity contribution < 1.29 is 9.90 Å². The molecule has 1 aliphatic rings. The second-order valence-corrected chi connectivity index (χ2v) is 6.68. The molecule has 2 N–H and O–H groups in total. The predicted octanol–water partition coefficient (Wildman–Crippen LogP) is 3.09. The van der Waals surface area contributed by atoms with Gasteiger partial charge in [-0.3, -0.25) is 4.79 Å². The highest BCUT2D eigenvalue weighted by atomic mass is 79.9. The van der Waals surface area contributed by atoms with Gasteiger partial charge in [-0.05, 0) is 45.3 Å². The summed E-state index contributed by atoms with van der Waals surface area (Å²) in [7, 11) is 0. The Morgan fingerprint density at radius 2 is 2.17 bits per heavy atom. The first-order valence-electron chi connectivity index (χ1n) is 5.49. The molecular weight excluding hydrogens is 314 g/mol. The lowest BCUT2D eigenvalue weighted by molar-refractivity contribution is -0.115. The molecule has 1 amide bonds. The molecule has 0 saturated carbocycles. The van der Waals surface area contributed by atoms with Crippen LogP contribution in [0.5, 0.6) is 0 Å². The van der Waals surface area contributed by atoms with Gasteiger partial charge in [0.1, 0.15) is 6.10 Å². The molecule has 0 radical (unpaired) electrons. The van der Waals surface area contributed by atoms with Gasteiger partial charge in [-0.25, -0.2) is 0 Å². The molecule has 2 heterocycles. The summed E-state index contributed by atoms with van der Waals surface area (Å²) < 4.78 is 0.995. The Hall–Kier alpha value is -1.17. The molecule has 0 aliphatic carbocycles. The molecule has 1 aromatic heterocycles. The van der Waals surface area contributed by atoms with Gasteiger partial charge in [0.05, 0.1) is 10.2 Å². The van der Waals surface area contributed by atoms with Crippen LogP contribution in [0.1, 0.15) is 22.1 Å². The van der Waals surface area contributed by atoms with Crippen LogP contribution in [0.15, 0.2) is 34.1 Å². The summed E-state index contributed by atoms with van der Waals surface area (Å²) in [6, 6.07) is 9.41. The average molecular weight is 324 g/mol. The van der Waals surface area contributed by atoms with Gasteiger partial charge in [-0.15, -0.1) is 11.3 Å². The maximum absolute atomic E-state index is 11.3. The van der Waals surface area contributed by atoms with E-state index in [4.69, 9.17) is 0 Å². The highest BCUT2D eigenvalue weighted by molar-refractivity contribution is 9.11. The fourth-order valence-corrected chi connectivity index (χ4v) is 3.50. The fraction of sp³-hybridized carbons (Fsp3) is 0.154. The van der Waals surface area contributed by atoms with Crippen LogP contribution >= 0.6 is 27.3 Å². The molecule has 0 bridgehead atoms. The molecule has 1 atom stereocenters. The van der Waals surface area contributed by atoms with Crippen molar-refractivity contribution in [1.29, 1.82) is 0 Å². The lowest BCUT2D eigenvalue weighted by Gasteiger charge is -2.10. The van der Waals surface area contributed by atoms with E-state index in [0.717, 1.165) is 25.5 Å². The number of hydrogen-bond acceptors (Lipinski definition) is 3. The van der Waals surface area contributed by atoms with E-state index in [1.54, 1.807) is 0 Å². The van der Waals surface area contributed by atoms with Gasteiger partial charge in [0.25, 0.3) is 0 Å². The summed E-state index contributed by atoms with van der Waals surface area (Å²) in [5.41, 5.74) is 2.62. The molecule has 0 spiro atoms. The lowest BCUT2D eigenvalue weighted by atomic mass is 10.0. The van der Waals surface area contributed by atoms with E-state index in [2.05, 4.69) is 21.2 Å². The number of nitrogens with one attached hydrogen (secondary N) is 1. The van der Waals surface area contributed by atoms with Gasteiger partial charge in [0, 0.05) is 10.6 Å². The normalized spacial score (nSPS) is 15.3. The number of benzene rings is 1. The van der Waals surface area contributed by atoms with E-state index in [9.17, 15) is 9.90 Å². The Morgan fingerprint density at radius 1 is 1.33 bits per heavy atom. The molecule has 2 aromatic rings. The average Bonchev–Trinajstić information content (AvgIpc) is 2.92. The fourth-order valence-electron chi connectivity index (χ4n) is 2.06. The van der Waals surface area contributed by atoms with E-state index < -0.39 is 6.10 Å². The summed E-state index contributed by atoms with van der Waals surface area (Å²) in [5, 5.41) is 13.1. The Morgan fingerprint density at radius 3 is 2.89 bits per heavy atom. The molecule has 1 aromatic carbocycles. The third-order valence-corrected chi connectivity index (χ3v) is 4.61. The highest BCUT2D eigenvalue weighted by Gasteiger charge is 2.20. The minimum atomic E-state index is -0.637. The van der Waals surface area contributed by atoms with Crippen molar-refractivity contribution in [1.82, 2.24) is 0 Å². The number of anilines is 1. The van der Waals surface area contributed by atoms with Crippen molar-refractivity contribution in [3.8, 4) is 0 Å². The molecule has 1 unspecified atom stereocenters. The van der Waals surface area contributed by atoms with E-state index >= 15 is 0 Å². The predicted molar refractivity (Wildman–Crippen MR) is 74.9 cm³/mol. The molecule has 0 saturated heterocycles. The Kier molecular flexibility index (Phi) is 2.97. The number of thiophene rings is 1. The van der Waals surface area contributed by atoms with Crippen LogP contribution < -0.4 is 5.32 Å². The van der Waals surface area contributed by atoms with Gasteiger partial charge in [-0.2, -0.15) is 0 Å². The first-order chi connectivity index (χ1) is 8.63. The molecule has 18 heavy (non-hydrogen) atoms. The second kappa shape index (κ2) is 4.50. The minimum absolute atomic E-state index is 0.00973. The molecular formula is C13H10BrNO2S. The zero-order valence-corrected chi connectivity index (χ0v) is 11.7. The van der Waals surface area contributed by atoms with Crippen LogP contribution in [-0.4, -0.2) is 11.0 Å². The number of rotatable bonds is 2. The Balaban J connectivity index is 1.94. The summed E-state index contributed by atoms with van der Waals surface area (Å²) in [4.78, 5) is 12.2. The number of amides is 1. The smallest absolute Gasteiger partial charge is 0.228 e. The van der Waals surface area contributed by atoms with Crippen molar-refractivity contribution in [3.05, 3.63) is 50.1 Å². The van der Waals surface area contributed by atoms with Crippen molar-refractivity contribution in [3.63, 3.8) is 0 Å². The maximum Gasteiger partial charge on any atom is 0.228 e. The number of aliphatic hydroxyl groups excluding tert-OH is 1. The molecule has 0 fully saturated rings. The first-order valence-corrected chi connectivity index (χ1v) is 7.10. The zero-order chi connectivity index (χ0) is 12.7. The number of halogens is 1. The number of carbonyl (C=O) groups excluding carboxylic acids is 1. The largest absolute Gasteiger partial charge is 0.383 e. The molecule has 92 valence electrons. The standard InChI is InChI=1S/C13H10BrNO2S/c14-11-4-3-10(18-11)13(17)7-1-2-9-8(5-7)6-12(16)15-9/h1-5,13,17H,6H2,(H,15,16). The van der Waals surface area contributed by atoms with E-state index in [1.165, 1.54) is 11.3 Å². The van der Waals surface area contributed by atoms with E-state index in [-0.39, 0.29) is 5.91 Å². The van der Waals surface area contributed by atoms with Crippen molar-refractivity contribution >= 4 is 38.9 Å². The van der Waals surface area contributed by atoms with Crippen LogP contribution in [0.3, 0.4) is 0 Å². The lowest BCUT2D eigenvalue weighted by Crippen LogP contribution is -2.03. The number of carbonyl (C=O) groups is 1. The number of fused-ring (bicyclic) bond motifs is 1. The maximum atomic E-state index is 11.3. The van der Waals surface area contributed by atoms with Crippen molar-refractivity contribution in [2.24, 2.45) is 0 Å². The van der Waals surface area contributed by atoms with E-state index in [0.29, 0.717) is 6.42 Å². The van der Waals surface area contributed by atoms with Gasteiger partial charge < -0.3 is 10.4 Å². The number of aliphatic hydroxyl groups is 1. The summed E-state index contributed by atoms with van der Waals surface area (Å²) >= 11 is 4.89. The highest BCUT2D eigenvalue weighted by Crippen LogP contribution is 2.33. The van der Waals surface area contributed by atoms with Crippen LogP contribution in [0.2, 0.25) is 0 Å². The molecule has 3 rings (SSSR count). The van der Waals surface area contributed by atoms with Crippen LogP contribution in [-0.2, 0) is 11.2 Å². The first kappa shape index (κ1) is 11.9. The summed E-state index contributed by atoms with van der Waals surface area (Å²) in [6.07, 6.45) is -0.244. The Bertz CT molecular complexity index is 623. The summed E-state index contributed by atoms with van der Waals surface area (Å²) in [6.45, 7) is 0.